The third-order valence-corrected chi connectivity index (χ3v) is 9.18. The number of fused-ring (bicyclic) bond motifs is 1. The van der Waals surface area contributed by atoms with Crippen LogP contribution in [0.3, 0.4) is 0 Å². The number of thioether (sulfide) groups is 1. The summed E-state index contributed by atoms with van der Waals surface area (Å²) in [6.45, 7) is 1.95. The molecule has 3 aromatic carbocycles. The van der Waals surface area contributed by atoms with Crippen LogP contribution >= 0.6 is 34.7 Å². The number of aliphatic hydroxyl groups excluding tert-OH is 1. The second kappa shape index (κ2) is 10.7. The van der Waals surface area contributed by atoms with E-state index in [1.165, 1.54) is 40.9 Å². The van der Waals surface area contributed by atoms with Crippen LogP contribution < -0.4 is 9.64 Å². The van der Waals surface area contributed by atoms with Gasteiger partial charge in [0.05, 0.1) is 11.6 Å². The lowest BCUT2D eigenvalue weighted by Crippen LogP contribution is -2.29. The van der Waals surface area contributed by atoms with Crippen molar-refractivity contribution >= 4 is 57.3 Å². The molecule has 2 unspecified atom stereocenters. The highest BCUT2D eigenvalue weighted by Crippen LogP contribution is 2.44. The molecule has 202 valence electrons. The number of aliphatic hydroxyl groups is 1. The summed E-state index contributed by atoms with van der Waals surface area (Å²) in [6, 6.07) is 17.0. The van der Waals surface area contributed by atoms with Crippen molar-refractivity contribution in [2.24, 2.45) is 0 Å². The molecule has 2 aliphatic rings. The van der Waals surface area contributed by atoms with E-state index in [2.05, 4.69) is 10.2 Å². The van der Waals surface area contributed by atoms with Crippen LogP contribution in [0.5, 0.6) is 5.75 Å². The zero-order chi connectivity index (χ0) is 28.0. The van der Waals surface area contributed by atoms with Gasteiger partial charge in [-0.2, -0.15) is 0 Å². The van der Waals surface area contributed by atoms with Crippen molar-refractivity contribution < 1.29 is 23.8 Å². The van der Waals surface area contributed by atoms with Crippen molar-refractivity contribution in [3.05, 3.63) is 105 Å². The zero-order valence-electron chi connectivity index (χ0n) is 21.0. The maximum Gasteiger partial charge on any atom is 0.301 e. The van der Waals surface area contributed by atoms with Crippen molar-refractivity contribution in [1.82, 2.24) is 10.2 Å². The van der Waals surface area contributed by atoms with Crippen molar-refractivity contribution in [1.29, 1.82) is 0 Å². The lowest BCUT2D eigenvalue weighted by Gasteiger charge is -2.22. The van der Waals surface area contributed by atoms with Gasteiger partial charge in [0.1, 0.15) is 23.4 Å². The predicted octanol–water partition coefficient (Wildman–Crippen LogP) is 6.57. The maximum atomic E-state index is 13.8. The van der Waals surface area contributed by atoms with E-state index in [4.69, 9.17) is 16.3 Å². The molecule has 1 amide bonds. The molecule has 3 heterocycles. The second-order valence-corrected chi connectivity index (χ2v) is 12.0. The zero-order valence-corrected chi connectivity index (χ0v) is 23.4. The lowest BCUT2D eigenvalue weighted by atomic mass is 9.94. The Morgan fingerprint density at radius 3 is 2.70 bits per heavy atom. The number of rotatable bonds is 6. The summed E-state index contributed by atoms with van der Waals surface area (Å²) in [4.78, 5) is 28.1. The van der Waals surface area contributed by atoms with Crippen molar-refractivity contribution in [3.8, 4) is 5.75 Å². The number of Topliss-reactive ketones (excluding diaryl/α,β-unsaturated/α-hetero) is 1. The van der Waals surface area contributed by atoms with Gasteiger partial charge in [-0.1, -0.05) is 65.0 Å². The SMILES string of the molecule is CC1Cc2cc(/C(O)=C3\C(=O)C(=O)N(c4nnc(SCc5ccccc5Cl)s4)C3c3ccc(F)cc3)ccc2O1. The molecule has 1 aromatic heterocycles. The summed E-state index contributed by atoms with van der Waals surface area (Å²) in [6.07, 6.45) is 0.658. The van der Waals surface area contributed by atoms with E-state index in [0.29, 0.717) is 32.7 Å². The molecular weight excluding hydrogens is 573 g/mol. The minimum atomic E-state index is -1.03. The van der Waals surface area contributed by atoms with Gasteiger partial charge < -0.3 is 9.84 Å². The largest absolute Gasteiger partial charge is 0.507 e. The fourth-order valence-electron chi connectivity index (χ4n) is 4.83. The number of hydrogen-bond donors (Lipinski definition) is 1. The summed E-state index contributed by atoms with van der Waals surface area (Å²) < 4.78 is 20.2. The first-order valence-electron chi connectivity index (χ1n) is 12.4. The standard InChI is InChI=1S/C29H21ClFN3O4S2/c1-15-12-19-13-17(8-11-22(19)38-15)25(35)23-24(16-6-9-20(31)10-7-16)34(27(37)26(23)36)28-32-33-29(40-28)39-14-18-4-2-3-5-21(18)30/h2-11,13,15,24,35H,12,14H2,1H3/b25-23+. The Hall–Kier alpha value is -3.73. The highest BCUT2D eigenvalue weighted by molar-refractivity contribution is 8.00. The Kier molecular flexibility index (Phi) is 7.07. The monoisotopic (exact) mass is 593 g/mol. The fourth-order valence-corrected chi connectivity index (χ4v) is 6.98. The molecule has 2 atom stereocenters. The van der Waals surface area contributed by atoms with Crippen molar-refractivity contribution in [2.75, 3.05) is 4.90 Å². The number of carbonyl (C=O) groups is 2. The van der Waals surface area contributed by atoms with Crippen LogP contribution in [0.4, 0.5) is 9.52 Å². The van der Waals surface area contributed by atoms with E-state index in [1.54, 1.807) is 24.3 Å². The van der Waals surface area contributed by atoms with Gasteiger partial charge in [0.2, 0.25) is 5.13 Å². The number of aromatic nitrogens is 2. The molecule has 0 aliphatic carbocycles. The highest BCUT2D eigenvalue weighted by atomic mass is 35.5. The molecule has 11 heteroatoms. The van der Waals surface area contributed by atoms with Crippen LogP contribution in [0, 0.1) is 5.82 Å². The number of ketones is 1. The molecule has 1 N–H and O–H groups in total. The average molecular weight is 594 g/mol. The Bertz CT molecular complexity index is 1670. The minimum absolute atomic E-state index is 0.000392. The third kappa shape index (κ3) is 4.87. The van der Waals surface area contributed by atoms with Crippen LogP contribution in [-0.2, 0) is 21.8 Å². The van der Waals surface area contributed by atoms with Crippen LogP contribution in [0.25, 0.3) is 5.76 Å². The number of benzene rings is 3. The van der Waals surface area contributed by atoms with Crippen LogP contribution in [0.2, 0.25) is 5.02 Å². The van der Waals surface area contributed by atoms with Gasteiger partial charge in [0, 0.05) is 22.8 Å². The van der Waals surface area contributed by atoms with Gasteiger partial charge >= 0.3 is 5.91 Å². The number of hydrogen-bond acceptors (Lipinski definition) is 8. The number of carbonyl (C=O) groups excluding carboxylic acids is 2. The smallest absolute Gasteiger partial charge is 0.301 e. The molecule has 0 bridgehead atoms. The Balaban J connectivity index is 1.39. The van der Waals surface area contributed by atoms with Crippen LogP contribution in [0.15, 0.2) is 76.6 Å². The number of anilines is 1. The van der Waals surface area contributed by atoms with Crippen molar-refractivity contribution in [2.45, 2.75) is 35.6 Å². The summed E-state index contributed by atoms with van der Waals surface area (Å²) >= 11 is 8.81. The van der Waals surface area contributed by atoms with Crippen LogP contribution in [-0.4, -0.2) is 33.1 Å². The lowest BCUT2D eigenvalue weighted by molar-refractivity contribution is -0.132. The molecule has 0 spiro atoms. The molecule has 40 heavy (non-hydrogen) atoms. The number of ether oxygens (including phenoxy) is 1. The first kappa shape index (κ1) is 26.5. The third-order valence-electron chi connectivity index (χ3n) is 6.71. The molecule has 7 nitrogen and oxygen atoms in total. The minimum Gasteiger partial charge on any atom is -0.507 e. The van der Waals surface area contributed by atoms with Gasteiger partial charge in [-0.25, -0.2) is 4.39 Å². The Morgan fingerprint density at radius 2 is 1.93 bits per heavy atom. The topological polar surface area (TPSA) is 92.6 Å². The summed E-state index contributed by atoms with van der Waals surface area (Å²) in [5.41, 5.74) is 2.54. The summed E-state index contributed by atoms with van der Waals surface area (Å²) in [5, 5.41) is 20.7. The first-order chi connectivity index (χ1) is 19.3. The molecule has 0 radical (unpaired) electrons. The van der Waals surface area contributed by atoms with Gasteiger partial charge in [0.25, 0.3) is 5.78 Å². The fraction of sp³-hybridized carbons (Fsp3) is 0.172. The molecule has 1 fully saturated rings. The normalized spacial score (nSPS) is 19.6. The van der Waals surface area contributed by atoms with Crippen molar-refractivity contribution in [3.63, 3.8) is 0 Å². The number of halogens is 2. The summed E-state index contributed by atoms with van der Waals surface area (Å²) in [5.74, 6) is -1.26. The van der Waals surface area contributed by atoms with E-state index in [-0.39, 0.29) is 22.6 Å². The molecule has 0 saturated carbocycles. The average Bonchev–Trinajstić information content (AvgIpc) is 3.63. The molecule has 4 aromatic rings. The molecule has 1 saturated heterocycles. The first-order valence-corrected chi connectivity index (χ1v) is 14.5. The van der Waals surface area contributed by atoms with E-state index in [0.717, 1.165) is 28.2 Å². The van der Waals surface area contributed by atoms with Gasteiger partial charge in [-0.05, 0) is 60.0 Å². The van der Waals surface area contributed by atoms with Gasteiger partial charge in [0.15, 0.2) is 4.34 Å². The maximum absolute atomic E-state index is 13.8. The summed E-state index contributed by atoms with van der Waals surface area (Å²) in [7, 11) is 0. The second-order valence-electron chi connectivity index (χ2n) is 9.41. The van der Waals surface area contributed by atoms with E-state index < -0.39 is 23.5 Å². The van der Waals surface area contributed by atoms with Gasteiger partial charge in [-0.15, -0.1) is 10.2 Å². The Labute approximate surface area is 242 Å². The number of amides is 1. The Morgan fingerprint density at radius 1 is 1.15 bits per heavy atom. The quantitative estimate of drug-likeness (QED) is 0.0888. The van der Waals surface area contributed by atoms with E-state index >= 15 is 0 Å². The predicted molar refractivity (Wildman–Crippen MR) is 152 cm³/mol. The highest BCUT2D eigenvalue weighted by Gasteiger charge is 2.48. The van der Waals surface area contributed by atoms with E-state index in [9.17, 15) is 19.1 Å². The van der Waals surface area contributed by atoms with Gasteiger partial charge in [-0.3, -0.25) is 14.5 Å². The molecular formula is C29H21ClFN3O4S2. The number of nitrogens with zero attached hydrogens (tertiary/aromatic N) is 3. The van der Waals surface area contributed by atoms with Crippen LogP contribution in [0.1, 0.15) is 35.2 Å². The molecule has 6 rings (SSSR count). The van der Waals surface area contributed by atoms with E-state index in [1.807, 2.05) is 25.1 Å². The molecule has 2 aliphatic heterocycles.